The zero-order valence-corrected chi connectivity index (χ0v) is 9.16. The highest BCUT2D eigenvalue weighted by atomic mass is 16.5. The zero-order valence-electron chi connectivity index (χ0n) is 9.16. The van der Waals surface area contributed by atoms with Crippen molar-refractivity contribution >= 4 is 6.08 Å². The zero-order chi connectivity index (χ0) is 10.9. The number of benzene rings is 1. The molecular weight excluding hydrogens is 188 g/mol. The van der Waals surface area contributed by atoms with E-state index in [1.807, 2.05) is 18.2 Å². The summed E-state index contributed by atoms with van der Waals surface area (Å²) in [6.07, 6.45) is 3.67. The predicted molar refractivity (Wildman–Crippen MR) is 61.1 cm³/mol. The van der Waals surface area contributed by atoms with Gasteiger partial charge in [0.05, 0.1) is 13.2 Å². The van der Waals surface area contributed by atoms with Crippen LogP contribution in [0.4, 0.5) is 0 Å². The van der Waals surface area contributed by atoms with E-state index in [9.17, 15) is 0 Å². The Morgan fingerprint density at radius 2 is 2.27 bits per heavy atom. The fourth-order valence-electron chi connectivity index (χ4n) is 1.83. The maximum absolute atomic E-state index is 8.71. The number of hydrogen-bond donors (Lipinski definition) is 1. The molecule has 1 aliphatic rings. The molecule has 1 N–H and O–H groups in total. The van der Waals surface area contributed by atoms with E-state index in [0.717, 1.165) is 17.9 Å². The van der Waals surface area contributed by atoms with Gasteiger partial charge in [-0.05, 0) is 17.7 Å². The van der Waals surface area contributed by atoms with Gasteiger partial charge in [-0.25, -0.2) is 0 Å². The van der Waals surface area contributed by atoms with E-state index in [1.165, 1.54) is 5.56 Å². The molecule has 80 valence electrons. The van der Waals surface area contributed by atoms with Crippen LogP contribution in [-0.4, -0.2) is 18.3 Å². The number of ether oxygens (including phenoxy) is 1. The molecule has 0 spiro atoms. The van der Waals surface area contributed by atoms with Gasteiger partial charge in [-0.15, -0.1) is 0 Å². The standard InChI is InChI=1S/C13H16O2/c1-13(2)9-15-12-6-5-10(4-3-7-14)8-11(12)13/h3-6,8,14H,7,9H2,1-2H3. The van der Waals surface area contributed by atoms with Crippen molar-refractivity contribution in [3.8, 4) is 5.75 Å². The summed E-state index contributed by atoms with van der Waals surface area (Å²) in [7, 11) is 0. The SMILES string of the molecule is CC1(C)COc2ccc(C=CCO)cc21. The van der Waals surface area contributed by atoms with Crippen LogP contribution in [0.3, 0.4) is 0 Å². The minimum Gasteiger partial charge on any atom is -0.492 e. The molecule has 0 saturated heterocycles. The summed E-state index contributed by atoms with van der Waals surface area (Å²) in [6, 6.07) is 6.14. The second-order valence-electron chi connectivity index (χ2n) is 4.51. The first kappa shape index (κ1) is 10.2. The summed E-state index contributed by atoms with van der Waals surface area (Å²) < 4.78 is 5.60. The van der Waals surface area contributed by atoms with Gasteiger partial charge in [0, 0.05) is 11.0 Å². The van der Waals surface area contributed by atoms with Crippen LogP contribution in [0, 0.1) is 0 Å². The topological polar surface area (TPSA) is 29.5 Å². The highest BCUT2D eigenvalue weighted by Crippen LogP contribution is 2.38. The lowest BCUT2D eigenvalue weighted by molar-refractivity contribution is 0.291. The van der Waals surface area contributed by atoms with E-state index in [0.29, 0.717) is 0 Å². The Labute approximate surface area is 90.2 Å². The number of hydrogen-bond acceptors (Lipinski definition) is 2. The van der Waals surface area contributed by atoms with Gasteiger partial charge < -0.3 is 9.84 Å². The van der Waals surface area contributed by atoms with E-state index in [2.05, 4.69) is 19.9 Å². The van der Waals surface area contributed by atoms with Crippen LogP contribution < -0.4 is 4.74 Å². The molecule has 2 rings (SSSR count). The molecular formula is C13H16O2. The molecule has 1 heterocycles. The molecule has 0 bridgehead atoms. The van der Waals surface area contributed by atoms with Gasteiger partial charge in [0.2, 0.25) is 0 Å². The maximum atomic E-state index is 8.71. The van der Waals surface area contributed by atoms with Crippen molar-refractivity contribution in [3.05, 3.63) is 35.4 Å². The summed E-state index contributed by atoms with van der Waals surface area (Å²) in [5.74, 6) is 0.987. The molecule has 0 radical (unpaired) electrons. The number of aliphatic hydroxyl groups excluding tert-OH is 1. The first-order valence-electron chi connectivity index (χ1n) is 5.18. The van der Waals surface area contributed by atoms with Crippen LogP contribution in [0.25, 0.3) is 6.08 Å². The van der Waals surface area contributed by atoms with E-state index < -0.39 is 0 Å². The summed E-state index contributed by atoms with van der Waals surface area (Å²) in [6.45, 7) is 5.18. The normalized spacial score (nSPS) is 17.8. The van der Waals surface area contributed by atoms with Gasteiger partial charge in [-0.1, -0.05) is 32.1 Å². The van der Waals surface area contributed by atoms with Crippen LogP contribution in [0.2, 0.25) is 0 Å². The van der Waals surface area contributed by atoms with Crippen molar-refractivity contribution in [2.24, 2.45) is 0 Å². The monoisotopic (exact) mass is 204 g/mol. The summed E-state index contributed by atoms with van der Waals surface area (Å²) in [4.78, 5) is 0. The van der Waals surface area contributed by atoms with E-state index in [4.69, 9.17) is 9.84 Å². The van der Waals surface area contributed by atoms with Gasteiger partial charge in [-0.3, -0.25) is 0 Å². The average molecular weight is 204 g/mol. The lowest BCUT2D eigenvalue weighted by Crippen LogP contribution is -2.18. The van der Waals surface area contributed by atoms with E-state index in [1.54, 1.807) is 6.08 Å². The van der Waals surface area contributed by atoms with Crippen molar-refractivity contribution in [1.29, 1.82) is 0 Å². The molecule has 2 heteroatoms. The first-order chi connectivity index (χ1) is 7.13. The summed E-state index contributed by atoms with van der Waals surface area (Å²) in [5, 5.41) is 8.71. The van der Waals surface area contributed by atoms with Gasteiger partial charge in [0.15, 0.2) is 0 Å². The van der Waals surface area contributed by atoms with Crippen LogP contribution in [0.5, 0.6) is 5.75 Å². The Kier molecular flexibility index (Phi) is 2.53. The summed E-state index contributed by atoms with van der Waals surface area (Å²) in [5.41, 5.74) is 2.46. The maximum Gasteiger partial charge on any atom is 0.123 e. The Balaban J connectivity index is 2.37. The smallest absolute Gasteiger partial charge is 0.123 e. The van der Waals surface area contributed by atoms with Crippen molar-refractivity contribution in [2.75, 3.05) is 13.2 Å². The molecule has 0 aliphatic carbocycles. The highest BCUT2D eigenvalue weighted by molar-refractivity contribution is 5.56. The second kappa shape index (κ2) is 3.70. The number of rotatable bonds is 2. The average Bonchev–Trinajstić information content (AvgIpc) is 2.52. The molecule has 15 heavy (non-hydrogen) atoms. The Morgan fingerprint density at radius 3 is 3.00 bits per heavy atom. The Hall–Kier alpha value is -1.28. The molecule has 1 aromatic rings. The molecule has 0 unspecified atom stereocenters. The Bertz CT molecular complexity index is 392. The van der Waals surface area contributed by atoms with Crippen molar-refractivity contribution < 1.29 is 9.84 Å². The third kappa shape index (κ3) is 1.90. The number of fused-ring (bicyclic) bond motifs is 1. The van der Waals surface area contributed by atoms with Gasteiger partial charge in [0.25, 0.3) is 0 Å². The molecule has 2 nitrogen and oxygen atoms in total. The van der Waals surface area contributed by atoms with Crippen LogP contribution >= 0.6 is 0 Å². The third-order valence-corrected chi connectivity index (χ3v) is 2.74. The molecule has 1 aliphatic heterocycles. The van der Waals surface area contributed by atoms with E-state index in [-0.39, 0.29) is 12.0 Å². The molecule has 0 saturated carbocycles. The molecule has 0 atom stereocenters. The van der Waals surface area contributed by atoms with Crippen molar-refractivity contribution in [3.63, 3.8) is 0 Å². The minimum absolute atomic E-state index is 0.0803. The first-order valence-corrected chi connectivity index (χ1v) is 5.18. The lowest BCUT2D eigenvalue weighted by atomic mass is 9.86. The Morgan fingerprint density at radius 1 is 1.47 bits per heavy atom. The minimum atomic E-state index is 0.0803. The number of aliphatic hydroxyl groups is 1. The largest absolute Gasteiger partial charge is 0.492 e. The third-order valence-electron chi connectivity index (χ3n) is 2.74. The van der Waals surface area contributed by atoms with Gasteiger partial charge in [-0.2, -0.15) is 0 Å². The van der Waals surface area contributed by atoms with E-state index >= 15 is 0 Å². The quantitative estimate of drug-likeness (QED) is 0.801. The van der Waals surface area contributed by atoms with Crippen LogP contribution in [-0.2, 0) is 5.41 Å². The molecule has 0 aromatic heterocycles. The molecule has 0 fully saturated rings. The predicted octanol–water partition coefficient (Wildman–Crippen LogP) is 2.36. The van der Waals surface area contributed by atoms with Gasteiger partial charge in [0.1, 0.15) is 5.75 Å². The van der Waals surface area contributed by atoms with Crippen molar-refractivity contribution in [1.82, 2.24) is 0 Å². The lowest BCUT2D eigenvalue weighted by Gasteiger charge is -2.15. The highest BCUT2D eigenvalue weighted by Gasteiger charge is 2.31. The van der Waals surface area contributed by atoms with Gasteiger partial charge >= 0.3 is 0 Å². The fourth-order valence-corrected chi connectivity index (χ4v) is 1.83. The molecule has 0 amide bonds. The second-order valence-corrected chi connectivity index (χ2v) is 4.51. The van der Waals surface area contributed by atoms with Crippen LogP contribution in [0.15, 0.2) is 24.3 Å². The van der Waals surface area contributed by atoms with Crippen LogP contribution in [0.1, 0.15) is 25.0 Å². The fraction of sp³-hybridized carbons (Fsp3) is 0.385. The summed E-state index contributed by atoms with van der Waals surface area (Å²) >= 11 is 0. The molecule has 1 aromatic carbocycles. The van der Waals surface area contributed by atoms with Crippen molar-refractivity contribution in [2.45, 2.75) is 19.3 Å².